The number of rotatable bonds is 2. The highest BCUT2D eigenvalue weighted by Crippen LogP contribution is 2.23. The zero-order valence-corrected chi connectivity index (χ0v) is 8.25. The summed E-state index contributed by atoms with van der Waals surface area (Å²) < 4.78 is 0. The van der Waals surface area contributed by atoms with E-state index >= 15 is 0 Å². The fourth-order valence-corrected chi connectivity index (χ4v) is 1.95. The summed E-state index contributed by atoms with van der Waals surface area (Å²) in [5, 5.41) is 0. The molecule has 0 unspecified atom stereocenters. The van der Waals surface area contributed by atoms with Crippen LogP contribution in [0.1, 0.15) is 0 Å². The van der Waals surface area contributed by atoms with Gasteiger partial charge < -0.3 is 4.98 Å². The number of aromatic nitrogens is 1. The quantitative estimate of drug-likeness (QED) is 0.813. The molecule has 0 saturated carbocycles. The van der Waals surface area contributed by atoms with E-state index in [1.165, 1.54) is 11.8 Å². The summed E-state index contributed by atoms with van der Waals surface area (Å²) in [6, 6.07) is 13.5. The van der Waals surface area contributed by atoms with Gasteiger partial charge in [0.1, 0.15) is 0 Å². The van der Waals surface area contributed by atoms with Crippen molar-refractivity contribution in [2.75, 3.05) is 0 Å². The Morgan fingerprint density at radius 1 is 1.00 bits per heavy atom. The van der Waals surface area contributed by atoms with E-state index in [1.807, 2.05) is 42.5 Å². The van der Waals surface area contributed by atoms with Gasteiger partial charge in [-0.1, -0.05) is 30.0 Å². The Labute approximate surface area is 86.0 Å². The lowest BCUT2D eigenvalue weighted by Crippen LogP contribution is -2.05. The number of hydrogen-bond acceptors (Lipinski definition) is 2. The van der Waals surface area contributed by atoms with Crippen LogP contribution in [0.25, 0.3) is 0 Å². The van der Waals surface area contributed by atoms with E-state index < -0.39 is 0 Å². The van der Waals surface area contributed by atoms with Crippen LogP contribution in [-0.2, 0) is 0 Å². The molecule has 0 fully saturated rings. The summed E-state index contributed by atoms with van der Waals surface area (Å²) in [5.41, 5.74) is -0.0404. The van der Waals surface area contributed by atoms with Crippen LogP contribution in [0.4, 0.5) is 0 Å². The predicted octanol–water partition coefficient (Wildman–Crippen LogP) is 2.53. The fraction of sp³-hybridized carbons (Fsp3) is 0. The maximum atomic E-state index is 11.3. The lowest BCUT2D eigenvalue weighted by molar-refractivity contribution is 1.14. The summed E-state index contributed by atoms with van der Waals surface area (Å²) in [4.78, 5) is 15.8. The molecular formula is C11H9NOS. The summed E-state index contributed by atoms with van der Waals surface area (Å²) in [5.74, 6) is 0. The van der Waals surface area contributed by atoms with Crippen LogP contribution in [0.2, 0.25) is 0 Å². The molecule has 0 aliphatic rings. The van der Waals surface area contributed by atoms with Crippen molar-refractivity contribution >= 4 is 11.8 Å². The van der Waals surface area contributed by atoms with Crippen molar-refractivity contribution in [2.45, 2.75) is 9.79 Å². The third-order valence-corrected chi connectivity index (χ3v) is 2.80. The number of aromatic amines is 1. The topological polar surface area (TPSA) is 32.9 Å². The lowest BCUT2D eigenvalue weighted by atomic mass is 10.4. The summed E-state index contributed by atoms with van der Waals surface area (Å²) in [6.07, 6.45) is 1.64. The first kappa shape index (κ1) is 9.09. The average Bonchev–Trinajstić information content (AvgIpc) is 2.23. The molecule has 2 rings (SSSR count). The smallest absolute Gasteiger partial charge is 0.261 e. The molecule has 0 spiro atoms. The minimum atomic E-state index is -0.0404. The Hall–Kier alpha value is -1.48. The molecular weight excluding hydrogens is 194 g/mol. The third-order valence-electron chi connectivity index (χ3n) is 1.75. The van der Waals surface area contributed by atoms with Gasteiger partial charge >= 0.3 is 0 Å². The van der Waals surface area contributed by atoms with Gasteiger partial charge in [0.2, 0.25) is 0 Å². The summed E-state index contributed by atoms with van der Waals surface area (Å²) >= 11 is 1.47. The standard InChI is InChI=1S/C11H9NOS/c13-11-10(7-4-8-12-11)14-9-5-2-1-3-6-9/h1-8H,(H,12,13). The molecule has 2 nitrogen and oxygen atoms in total. The molecule has 0 amide bonds. The zero-order chi connectivity index (χ0) is 9.80. The Morgan fingerprint density at radius 3 is 2.50 bits per heavy atom. The van der Waals surface area contributed by atoms with Gasteiger partial charge in [0.15, 0.2) is 0 Å². The molecule has 70 valence electrons. The van der Waals surface area contributed by atoms with Gasteiger partial charge in [0.25, 0.3) is 5.56 Å². The molecule has 0 bridgehead atoms. The molecule has 3 heteroatoms. The Morgan fingerprint density at radius 2 is 1.79 bits per heavy atom. The van der Waals surface area contributed by atoms with Gasteiger partial charge in [-0.25, -0.2) is 0 Å². The molecule has 0 radical (unpaired) electrons. The van der Waals surface area contributed by atoms with Crippen molar-refractivity contribution in [3.8, 4) is 0 Å². The van der Waals surface area contributed by atoms with E-state index in [0.717, 1.165) is 9.79 Å². The first-order valence-corrected chi connectivity index (χ1v) is 5.08. The van der Waals surface area contributed by atoms with Crippen LogP contribution < -0.4 is 5.56 Å². The molecule has 0 aliphatic carbocycles. The van der Waals surface area contributed by atoms with Crippen LogP contribution >= 0.6 is 11.8 Å². The van der Waals surface area contributed by atoms with Crippen molar-refractivity contribution in [3.05, 3.63) is 59.0 Å². The Bertz CT molecular complexity index is 464. The highest BCUT2D eigenvalue weighted by Gasteiger charge is 1.99. The zero-order valence-electron chi connectivity index (χ0n) is 7.44. The Balaban J connectivity index is 2.28. The molecule has 0 atom stereocenters. The number of hydrogen-bond donors (Lipinski definition) is 1. The highest BCUT2D eigenvalue weighted by atomic mass is 32.2. The van der Waals surface area contributed by atoms with E-state index in [2.05, 4.69) is 4.98 Å². The fourth-order valence-electron chi connectivity index (χ4n) is 1.10. The van der Waals surface area contributed by atoms with Crippen molar-refractivity contribution < 1.29 is 0 Å². The maximum absolute atomic E-state index is 11.3. The van der Waals surface area contributed by atoms with Crippen LogP contribution in [0, 0.1) is 0 Å². The second kappa shape index (κ2) is 4.15. The second-order valence-corrected chi connectivity index (χ2v) is 3.89. The molecule has 0 aliphatic heterocycles. The number of H-pyrrole nitrogens is 1. The SMILES string of the molecule is O=c1[nH]cccc1Sc1ccccc1. The van der Waals surface area contributed by atoms with Crippen molar-refractivity contribution in [1.82, 2.24) is 4.98 Å². The third kappa shape index (κ3) is 2.06. The van der Waals surface area contributed by atoms with Gasteiger partial charge in [0, 0.05) is 11.1 Å². The molecule has 14 heavy (non-hydrogen) atoms. The minimum absolute atomic E-state index is 0.0404. The molecule has 1 heterocycles. The number of benzene rings is 1. The summed E-state index contributed by atoms with van der Waals surface area (Å²) in [6.45, 7) is 0. The van der Waals surface area contributed by atoms with Gasteiger partial charge in [0.05, 0.1) is 4.90 Å². The van der Waals surface area contributed by atoms with Gasteiger partial charge in [-0.05, 0) is 24.3 Å². The van der Waals surface area contributed by atoms with Gasteiger partial charge in [-0.3, -0.25) is 4.79 Å². The number of nitrogens with one attached hydrogen (secondary N) is 1. The largest absolute Gasteiger partial charge is 0.328 e. The maximum Gasteiger partial charge on any atom is 0.261 e. The molecule has 1 aromatic heterocycles. The van der Waals surface area contributed by atoms with Crippen LogP contribution in [0.15, 0.2) is 63.2 Å². The molecule has 1 N–H and O–H groups in total. The molecule has 2 aromatic rings. The monoisotopic (exact) mass is 203 g/mol. The normalized spacial score (nSPS) is 10.0. The van der Waals surface area contributed by atoms with Crippen LogP contribution in [0.3, 0.4) is 0 Å². The van der Waals surface area contributed by atoms with E-state index in [9.17, 15) is 4.79 Å². The molecule has 1 aromatic carbocycles. The van der Waals surface area contributed by atoms with E-state index in [0.29, 0.717) is 0 Å². The number of pyridine rings is 1. The van der Waals surface area contributed by atoms with Crippen molar-refractivity contribution in [2.24, 2.45) is 0 Å². The second-order valence-electron chi connectivity index (χ2n) is 2.78. The minimum Gasteiger partial charge on any atom is -0.328 e. The van der Waals surface area contributed by atoms with Crippen molar-refractivity contribution in [1.29, 1.82) is 0 Å². The average molecular weight is 203 g/mol. The first-order chi connectivity index (χ1) is 6.86. The van der Waals surface area contributed by atoms with E-state index in [-0.39, 0.29) is 5.56 Å². The first-order valence-electron chi connectivity index (χ1n) is 4.27. The molecule has 0 saturated heterocycles. The summed E-state index contributed by atoms with van der Waals surface area (Å²) in [7, 11) is 0. The Kier molecular flexibility index (Phi) is 2.70. The van der Waals surface area contributed by atoms with E-state index in [1.54, 1.807) is 6.20 Å². The van der Waals surface area contributed by atoms with Crippen LogP contribution in [0.5, 0.6) is 0 Å². The predicted molar refractivity (Wildman–Crippen MR) is 57.6 cm³/mol. The lowest BCUT2D eigenvalue weighted by Gasteiger charge is -1.98. The van der Waals surface area contributed by atoms with Crippen molar-refractivity contribution in [3.63, 3.8) is 0 Å². The van der Waals surface area contributed by atoms with Gasteiger partial charge in [-0.15, -0.1) is 0 Å². The highest BCUT2D eigenvalue weighted by molar-refractivity contribution is 7.99. The van der Waals surface area contributed by atoms with Gasteiger partial charge in [-0.2, -0.15) is 0 Å². The van der Waals surface area contributed by atoms with E-state index in [4.69, 9.17) is 0 Å². The van der Waals surface area contributed by atoms with Crippen LogP contribution in [-0.4, -0.2) is 4.98 Å².